The van der Waals surface area contributed by atoms with Crippen LogP contribution in [0, 0.1) is 10.1 Å². The van der Waals surface area contributed by atoms with E-state index in [0.717, 1.165) is 12.8 Å². The lowest BCUT2D eigenvalue weighted by Gasteiger charge is -2.23. The maximum absolute atomic E-state index is 11.0. The van der Waals surface area contributed by atoms with Crippen molar-refractivity contribution in [3.63, 3.8) is 0 Å². The van der Waals surface area contributed by atoms with Crippen molar-refractivity contribution in [2.75, 3.05) is 18.0 Å². The molecule has 0 radical (unpaired) electrons. The van der Waals surface area contributed by atoms with Crippen molar-refractivity contribution in [2.45, 2.75) is 31.8 Å². The van der Waals surface area contributed by atoms with E-state index in [2.05, 4.69) is 5.10 Å². The lowest BCUT2D eigenvalue weighted by molar-refractivity contribution is -0.384. The molecule has 0 bridgehead atoms. The lowest BCUT2D eigenvalue weighted by atomic mass is 9.98. The molecule has 1 saturated heterocycles. The number of anilines is 1. The summed E-state index contributed by atoms with van der Waals surface area (Å²) < 4.78 is 1.53. The first-order valence-electron chi connectivity index (χ1n) is 6.04. The number of rotatable bonds is 2. The first-order valence-corrected chi connectivity index (χ1v) is 6.04. The summed E-state index contributed by atoms with van der Waals surface area (Å²) in [6.45, 7) is 3.12. The van der Waals surface area contributed by atoms with E-state index in [0.29, 0.717) is 25.3 Å². The first kappa shape index (κ1) is 12.8. The molecule has 1 aromatic heterocycles. The average molecular weight is 254 g/mol. The van der Waals surface area contributed by atoms with Crippen molar-refractivity contribution in [3.8, 4) is 0 Å². The van der Waals surface area contributed by atoms with E-state index in [1.165, 1.54) is 10.9 Å². The average Bonchev–Trinajstić information content (AvgIpc) is 2.56. The van der Waals surface area contributed by atoms with Crippen LogP contribution in [0.1, 0.15) is 26.2 Å². The Morgan fingerprint density at radius 3 is 2.89 bits per heavy atom. The Labute approximate surface area is 105 Å². The fraction of sp³-hybridized carbons (Fsp3) is 0.727. The topological polar surface area (TPSA) is 84.4 Å². The Morgan fingerprint density at radius 2 is 2.22 bits per heavy atom. The third kappa shape index (κ3) is 2.45. The van der Waals surface area contributed by atoms with Crippen molar-refractivity contribution >= 4 is 11.5 Å². The highest BCUT2D eigenvalue weighted by Crippen LogP contribution is 2.31. The van der Waals surface area contributed by atoms with Crippen LogP contribution >= 0.6 is 0 Å². The zero-order chi connectivity index (χ0) is 13.3. The summed E-state index contributed by atoms with van der Waals surface area (Å²) in [5, 5.41) is 25.0. The molecular formula is C11H18N4O3. The van der Waals surface area contributed by atoms with E-state index in [4.69, 9.17) is 0 Å². The minimum atomic E-state index is -0.678. The maximum Gasteiger partial charge on any atom is 0.331 e. The molecule has 18 heavy (non-hydrogen) atoms. The van der Waals surface area contributed by atoms with Gasteiger partial charge < -0.3 is 10.0 Å². The van der Waals surface area contributed by atoms with Gasteiger partial charge in [0.1, 0.15) is 6.20 Å². The van der Waals surface area contributed by atoms with Gasteiger partial charge in [0.15, 0.2) is 0 Å². The van der Waals surface area contributed by atoms with Gasteiger partial charge in [-0.1, -0.05) is 0 Å². The predicted octanol–water partition coefficient (Wildman–Crippen LogP) is 1.07. The SMILES string of the molecule is Cn1ncc([N+](=O)[O-])c1N1CCC[C@](C)(O)CC1. The van der Waals surface area contributed by atoms with Gasteiger partial charge in [0, 0.05) is 20.1 Å². The van der Waals surface area contributed by atoms with Crippen LogP contribution < -0.4 is 4.90 Å². The Hall–Kier alpha value is -1.63. The molecular weight excluding hydrogens is 236 g/mol. The van der Waals surface area contributed by atoms with Crippen LogP contribution in [-0.2, 0) is 7.05 Å². The Bertz CT molecular complexity index is 455. The van der Waals surface area contributed by atoms with Gasteiger partial charge in [0.05, 0.1) is 10.5 Å². The molecule has 1 aliphatic heterocycles. The van der Waals surface area contributed by atoms with Crippen molar-refractivity contribution in [2.24, 2.45) is 7.05 Å². The number of aryl methyl sites for hydroxylation is 1. The smallest absolute Gasteiger partial charge is 0.331 e. The van der Waals surface area contributed by atoms with Gasteiger partial charge in [0.25, 0.3) is 0 Å². The molecule has 7 heteroatoms. The summed E-state index contributed by atoms with van der Waals surface area (Å²) in [5.74, 6) is 0.526. The molecule has 1 atom stereocenters. The van der Waals surface area contributed by atoms with Crippen LogP contribution in [0.15, 0.2) is 6.20 Å². The van der Waals surface area contributed by atoms with Crippen molar-refractivity contribution in [3.05, 3.63) is 16.3 Å². The molecule has 0 spiro atoms. The molecule has 7 nitrogen and oxygen atoms in total. The van der Waals surface area contributed by atoms with Crippen molar-refractivity contribution < 1.29 is 10.0 Å². The monoisotopic (exact) mass is 254 g/mol. The van der Waals surface area contributed by atoms with Crippen molar-refractivity contribution in [1.82, 2.24) is 9.78 Å². The summed E-state index contributed by atoms with van der Waals surface area (Å²) in [4.78, 5) is 12.5. The zero-order valence-corrected chi connectivity index (χ0v) is 10.7. The van der Waals surface area contributed by atoms with Gasteiger partial charge >= 0.3 is 5.69 Å². The summed E-state index contributed by atoms with van der Waals surface area (Å²) >= 11 is 0. The number of nitrogens with zero attached hydrogens (tertiary/aromatic N) is 4. The Morgan fingerprint density at radius 1 is 1.50 bits per heavy atom. The first-order chi connectivity index (χ1) is 8.41. The maximum atomic E-state index is 11.0. The predicted molar refractivity (Wildman–Crippen MR) is 66.6 cm³/mol. The van der Waals surface area contributed by atoms with Crippen LogP contribution in [0.4, 0.5) is 11.5 Å². The molecule has 0 aromatic carbocycles. The number of hydrogen-bond acceptors (Lipinski definition) is 5. The van der Waals surface area contributed by atoms with E-state index < -0.39 is 10.5 Å². The second-order valence-corrected chi connectivity index (χ2v) is 5.07. The molecule has 1 aromatic rings. The Balaban J connectivity index is 2.26. The van der Waals surface area contributed by atoms with Gasteiger partial charge in [-0.25, -0.2) is 4.68 Å². The molecule has 0 amide bonds. The van der Waals surface area contributed by atoms with Gasteiger partial charge in [0.2, 0.25) is 5.82 Å². The molecule has 0 aliphatic carbocycles. The molecule has 2 rings (SSSR count). The molecule has 1 N–H and O–H groups in total. The summed E-state index contributed by atoms with van der Waals surface area (Å²) in [7, 11) is 1.70. The number of hydrogen-bond donors (Lipinski definition) is 1. The standard InChI is InChI=1S/C11H18N4O3/c1-11(16)4-3-6-14(7-5-11)10-9(15(17)18)8-12-13(10)2/h8,16H,3-7H2,1-2H3/t11-/m0/s1. The van der Waals surface area contributed by atoms with Crippen LogP contribution in [0.3, 0.4) is 0 Å². The molecule has 100 valence electrons. The number of nitro groups is 1. The molecule has 2 heterocycles. The van der Waals surface area contributed by atoms with E-state index in [-0.39, 0.29) is 5.69 Å². The van der Waals surface area contributed by atoms with E-state index in [1.807, 2.05) is 11.8 Å². The van der Waals surface area contributed by atoms with E-state index >= 15 is 0 Å². The second kappa shape index (κ2) is 4.56. The van der Waals surface area contributed by atoms with E-state index in [9.17, 15) is 15.2 Å². The zero-order valence-electron chi connectivity index (χ0n) is 10.7. The van der Waals surface area contributed by atoms with E-state index in [1.54, 1.807) is 7.05 Å². The van der Waals surface area contributed by atoms with Gasteiger partial charge in [-0.2, -0.15) is 5.10 Å². The fourth-order valence-corrected chi connectivity index (χ4v) is 2.39. The summed E-state index contributed by atoms with van der Waals surface area (Å²) in [6.07, 6.45) is 3.41. The molecule has 1 fully saturated rings. The molecule has 1 aliphatic rings. The largest absolute Gasteiger partial charge is 0.390 e. The number of aromatic nitrogens is 2. The van der Waals surface area contributed by atoms with Crippen LogP contribution in [-0.4, -0.2) is 38.5 Å². The van der Waals surface area contributed by atoms with Gasteiger partial charge in [-0.15, -0.1) is 0 Å². The van der Waals surface area contributed by atoms with Gasteiger partial charge in [-0.3, -0.25) is 10.1 Å². The van der Waals surface area contributed by atoms with Crippen LogP contribution in [0.2, 0.25) is 0 Å². The highest BCUT2D eigenvalue weighted by Gasteiger charge is 2.30. The lowest BCUT2D eigenvalue weighted by Crippen LogP contribution is -2.29. The highest BCUT2D eigenvalue weighted by atomic mass is 16.6. The molecule has 0 saturated carbocycles. The second-order valence-electron chi connectivity index (χ2n) is 5.07. The minimum Gasteiger partial charge on any atom is -0.390 e. The van der Waals surface area contributed by atoms with Crippen molar-refractivity contribution in [1.29, 1.82) is 0 Å². The Kier molecular flexibility index (Phi) is 3.25. The third-order valence-corrected chi connectivity index (χ3v) is 3.45. The quantitative estimate of drug-likeness (QED) is 0.630. The fourth-order valence-electron chi connectivity index (χ4n) is 2.39. The summed E-state index contributed by atoms with van der Waals surface area (Å²) in [6, 6.07) is 0. The van der Waals surface area contributed by atoms with Crippen LogP contribution in [0.25, 0.3) is 0 Å². The van der Waals surface area contributed by atoms with Gasteiger partial charge in [-0.05, 0) is 26.2 Å². The normalized spacial score (nSPS) is 24.9. The summed E-state index contributed by atoms with van der Waals surface area (Å²) in [5.41, 5.74) is -0.652. The third-order valence-electron chi connectivity index (χ3n) is 3.45. The number of aliphatic hydroxyl groups is 1. The highest BCUT2D eigenvalue weighted by molar-refractivity contribution is 5.57. The van der Waals surface area contributed by atoms with Crippen LogP contribution in [0.5, 0.6) is 0 Å². The molecule has 0 unspecified atom stereocenters. The minimum absolute atomic E-state index is 0.0269.